The van der Waals surface area contributed by atoms with Crippen LogP contribution in [0.4, 0.5) is 5.13 Å². The fourth-order valence-electron chi connectivity index (χ4n) is 3.66. The van der Waals surface area contributed by atoms with Crippen molar-refractivity contribution in [3.05, 3.63) is 51.9 Å². The number of aromatic nitrogens is 2. The van der Waals surface area contributed by atoms with Gasteiger partial charge in [0.2, 0.25) is 6.41 Å². The third-order valence-corrected chi connectivity index (χ3v) is 7.72. The van der Waals surface area contributed by atoms with Crippen LogP contribution in [0.5, 0.6) is 0 Å². The smallest absolute Gasteiger partial charge is 0.352 e. The fraction of sp³-hybridized carbons (Fsp3) is 0.227. The van der Waals surface area contributed by atoms with E-state index in [-0.39, 0.29) is 33.2 Å². The normalized spacial score (nSPS) is 18.9. The number of carboxylic acids is 1. The molecule has 1 unspecified atom stereocenters. The highest BCUT2D eigenvalue weighted by atomic mass is 35.5. The molecule has 0 radical (unpaired) electrons. The lowest BCUT2D eigenvalue weighted by Crippen LogP contribution is -2.71. The molecular weight excluding hydrogens is 544 g/mol. The number of pyridine rings is 1. The quantitative estimate of drug-likeness (QED) is 0.0718. The highest BCUT2D eigenvalue weighted by Crippen LogP contribution is 2.40. The summed E-state index contributed by atoms with van der Waals surface area (Å²) < 4.78 is 1.85. The molecule has 15 heteroatoms. The molecule has 2 aliphatic heterocycles. The summed E-state index contributed by atoms with van der Waals surface area (Å²) in [6, 6.07) is 4.45. The van der Waals surface area contributed by atoms with Crippen molar-refractivity contribution in [3.8, 4) is 12.3 Å². The minimum Gasteiger partial charge on any atom is -0.477 e. The Labute approximate surface area is 223 Å². The van der Waals surface area contributed by atoms with Gasteiger partial charge in [-0.2, -0.15) is 0 Å². The molecule has 37 heavy (non-hydrogen) atoms. The summed E-state index contributed by atoms with van der Waals surface area (Å²) in [5, 5.41) is 18.0. The zero-order chi connectivity index (χ0) is 26.5. The van der Waals surface area contributed by atoms with Crippen LogP contribution in [-0.2, 0) is 30.6 Å². The number of aliphatic carboxylic acids is 1. The highest BCUT2D eigenvalue weighted by Gasteiger charge is 2.54. The van der Waals surface area contributed by atoms with E-state index in [1.807, 2.05) is 22.8 Å². The molecule has 12 nitrogen and oxygen atoms in total. The number of fused-ring (bicyclic) bond motifs is 1. The minimum atomic E-state index is -1.23. The molecule has 4 rings (SSSR count). The molecule has 1 saturated heterocycles. The zero-order valence-electron chi connectivity index (χ0n) is 18.8. The Morgan fingerprint density at radius 2 is 2.16 bits per heavy atom. The number of carboxylic acid groups (broad SMARTS) is 1. The van der Waals surface area contributed by atoms with Crippen LogP contribution in [-0.4, -0.2) is 68.7 Å². The minimum absolute atomic E-state index is 0.0373. The molecule has 1 fully saturated rings. The molecule has 0 aromatic carbocycles. The second-order valence-electron chi connectivity index (χ2n) is 7.49. The van der Waals surface area contributed by atoms with Gasteiger partial charge in [-0.1, -0.05) is 40.1 Å². The Bertz CT molecular complexity index is 1360. The standard InChI is InChI=1S/C22H17ClN6O6S2/c1-2-8-35-27-14(13-17(23)37-22(26-13)24-11-30)18(31)25-15-19(32)29-16(21(33)34)12(10-36-20(15)29)9-28-6-4-3-5-7-28/h1,3-7,11,15,20H,8-10H2,(H2-,24,25,26,30,31,33,34)/p+1/b27-14+/t15?,20-/m1/s1. The van der Waals surface area contributed by atoms with Crippen molar-refractivity contribution in [3.63, 3.8) is 0 Å². The topological polar surface area (TPSA) is 154 Å². The van der Waals surface area contributed by atoms with E-state index >= 15 is 0 Å². The van der Waals surface area contributed by atoms with Gasteiger partial charge in [0.05, 0.1) is 0 Å². The third-order valence-electron chi connectivity index (χ3n) is 5.20. The van der Waals surface area contributed by atoms with E-state index in [9.17, 15) is 24.3 Å². The second-order valence-corrected chi connectivity index (χ2v) is 10.2. The summed E-state index contributed by atoms with van der Waals surface area (Å²) in [4.78, 5) is 59.2. The van der Waals surface area contributed by atoms with Crippen molar-refractivity contribution in [2.45, 2.75) is 18.0 Å². The number of anilines is 1. The predicted molar refractivity (Wildman–Crippen MR) is 134 cm³/mol. The fourth-order valence-corrected chi connectivity index (χ4v) is 6.00. The number of nitrogens with zero attached hydrogens (tertiary/aromatic N) is 4. The van der Waals surface area contributed by atoms with Crippen molar-refractivity contribution >= 4 is 69.7 Å². The number of amides is 3. The molecule has 190 valence electrons. The van der Waals surface area contributed by atoms with Gasteiger partial charge in [-0.05, 0) is 0 Å². The Hall–Kier alpha value is -3.93. The maximum absolute atomic E-state index is 13.1. The number of thioether (sulfide) groups is 1. The first-order valence-electron chi connectivity index (χ1n) is 10.5. The summed E-state index contributed by atoms with van der Waals surface area (Å²) >= 11 is 8.40. The maximum Gasteiger partial charge on any atom is 0.352 e. The van der Waals surface area contributed by atoms with Crippen molar-refractivity contribution in [1.29, 1.82) is 0 Å². The molecule has 0 bridgehead atoms. The molecule has 2 aromatic rings. The van der Waals surface area contributed by atoms with Gasteiger partial charge in [0.1, 0.15) is 27.1 Å². The number of oxime groups is 1. The van der Waals surface area contributed by atoms with E-state index in [4.69, 9.17) is 22.9 Å². The largest absolute Gasteiger partial charge is 0.477 e. The first-order chi connectivity index (χ1) is 17.8. The molecule has 2 aliphatic rings. The first kappa shape index (κ1) is 26.1. The molecule has 0 spiro atoms. The number of rotatable bonds is 10. The van der Waals surface area contributed by atoms with Crippen molar-refractivity contribution in [2.24, 2.45) is 5.16 Å². The Kier molecular flexibility index (Phi) is 8.07. The zero-order valence-corrected chi connectivity index (χ0v) is 21.2. The average molecular weight is 562 g/mol. The van der Waals surface area contributed by atoms with E-state index in [0.29, 0.717) is 24.3 Å². The number of terminal acetylenes is 1. The SMILES string of the molecule is C#CCO/N=C(/C(=O)NC1C(=O)N2C(C(=O)O)=C(C[n+]3ccccc3)CS[C@H]12)c1nc(NC=O)sc1Cl. The number of nitrogens with one attached hydrogen (secondary N) is 2. The van der Waals surface area contributed by atoms with Gasteiger partial charge in [0, 0.05) is 23.5 Å². The third kappa shape index (κ3) is 5.43. The number of carbonyl (C=O) groups excluding carboxylic acids is 3. The van der Waals surface area contributed by atoms with Crippen LogP contribution in [0.3, 0.4) is 0 Å². The van der Waals surface area contributed by atoms with Crippen LogP contribution >= 0.6 is 34.7 Å². The lowest BCUT2D eigenvalue weighted by Gasteiger charge is -2.49. The molecule has 4 heterocycles. The number of hydrogen-bond acceptors (Lipinski definition) is 9. The summed E-state index contributed by atoms with van der Waals surface area (Å²) in [7, 11) is 0. The summed E-state index contributed by atoms with van der Waals surface area (Å²) in [5.74, 6) is -0.117. The number of hydrogen-bond donors (Lipinski definition) is 3. The monoisotopic (exact) mass is 561 g/mol. The van der Waals surface area contributed by atoms with Crippen molar-refractivity contribution in [1.82, 2.24) is 15.2 Å². The number of thiazole rings is 1. The van der Waals surface area contributed by atoms with E-state index in [0.717, 1.165) is 11.3 Å². The van der Waals surface area contributed by atoms with Crippen molar-refractivity contribution in [2.75, 3.05) is 17.7 Å². The van der Waals surface area contributed by atoms with E-state index in [1.54, 1.807) is 12.4 Å². The Balaban J connectivity index is 1.55. The van der Waals surface area contributed by atoms with Crippen molar-refractivity contribution < 1.29 is 33.7 Å². The maximum atomic E-state index is 13.1. The number of carbonyl (C=O) groups is 4. The summed E-state index contributed by atoms with van der Waals surface area (Å²) in [5.41, 5.74) is 0.0166. The van der Waals surface area contributed by atoms with Gasteiger partial charge in [-0.3, -0.25) is 19.3 Å². The summed E-state index contributed by atoms with van der Waals surface area (Å²) in [6.45, 7) is 0.0490. The molecule has 3 N–H and O–H groups in total. The number of β-lactam (4-membered cyclic amide) rings is 1. The average Bonchev–Trinajstić information content (AvgIpc) is 3.24. The second kappa shape index (κ2) is 11.4. The molecule has 2 aromatic heterocycles. The predicted octanol–water partition coefficient (Wildman–Crippen LogP) is 0.445. The van der Waals surface area contributed by atoms with E-state index in [1.165, 1.54) is 16.7 Å². The van der Waals surface area contributed by atoms with Gasteiger partial charge in [-0.15, -0.1) is 18.2 Å². The molecule has 0 aliphatic carbocycles. The van der Waals surface area contributed by atoms with Gasteiger partial charge in [0.15, 0.2) is 36.4 Å². The molecular formula is C22H18ClN6O6S2+. The van der Waals surface area contributed by atoms with Crippen LogP contribution in [0.15, 0.2) is 47.0 Å². The van der Waals surface area contributed by atoms with Gasteiger partial charge < -0.3 is 20.6 Å². The molecule has 2 atom stereocenters. The Morgan fingerprint density at radius 3 is 2.84 bits per heavy atom. The molecule has 3 amide bonds. The highest BCUT2D eigenvalue weighted by molar-refractivity contribution is 8.00. The van der Waals surface area contributed by atoms with Gasteiger partial charge in [0.25, 0.3) is 11.8 Å². The number of halogens is 1. The van der Waals surface area contributed by atoms with E-state index in [2.05, 4.69) is 26.7 Å². The van der Waals surface area contributed by atoms with E-state index < -0.39 is 29.2 Å². The van der Waals surface area contributed by atoms with Crippen LogP contribution < -0.4 is 15.2 Å². The lowest BCUT2D eigenvalue weighted by atomic mass is 10.0. The van der Waals surface area contributed by atoms with Gasteiger partial charge in [-0.25, -0.2) is 14.3 Å². The van der Waals surface area contributed by atoms with Crippen LogP contribution in [0.1, 0.15) is 5.69 Å². The van der Waals surface area contributed by atoms with Crippen LogP contribution in [0, 0.1) is 12.3 Å². The van der Waals surface area contributed by atoms with Crippen LogP contribution in [0.2, 0.25) is 4.34 Å². The summed E-state index contributed by atoms with van der Waals surface area (Å²) in [6.07, 6.45) is 9.15. The first-order valence-corrected chi connectivity index (χ1v) is 12.7. The molecule has 0 saturated carbocycles. The Morgan fingerprint density at radius 1 is 1.41 bits per heavy atom. The lowest BCUT2D eigenvalue weighted by molar-refractivity contribution is -0.689. The van der Waals surface area contributed by atoms with Crippen LogP contribution in [0.25, 0.3) is 0 Å². The van der Waals surface area contributed by atoms with Gasteiger partial charge >= 0.3 is 5.97 Å².